The molecule has 3 heterocycles. The Morgan fingerprint density at radius 2 is 2.03 bits per heavy atom. The average molecular weight is 510 g/mol. The third-order valence-electron chi connectivity index (χ3n) is 6.84. The molecule has 2 aliphatic rings. The minimum absolute atomic E-state index is 0.0770. The molecule has 0 radical (unpaired) electrons. The molecule has 1 aliphatic carbocycles. The Balaban J connectivity index is 1.43. The van der Waals surface area contributed by atoms with Crippen molar-refractivity contribution in [1.29, 1.82) is 0 Å². The number of aliphatic hydroxyl groups excluding tert-OH is 1. The normalized spacial score (nSPS) is 19.3. The number of nitrogens with zero attached hydrogens (tertiary/aromatic N) is 3. The zero-order valence-electron chi connectivity index (χ0n) is 21.1. The van der Waals surface area contributed by atoms with Crippen LogP contribution in [-0.2, 0) is 9.53 Å². The van der Waals surface area contributed by atoms with Gasteiger partial charge < -0.3 is 34.5 Å². The number of aromatic nitrogens is 3. The van der Waals surface area contributed by atoms with Crippen molar-refractivity contribution in [3.8, 4) is 22.8 Å². The summed E-state index contributed by atoms with van der Waals surface area (Å²) < 4.78 is 16.4. The van der Waals surface area contributed by atoms with E-state index in [9.17, 15) is 14.7 Å². The predicted molar refractivity (Wildman–Crippen MR) is 135 cm³/mol. The van der Waals surface area contributed by atoms with E-state index in [1.54, 1.807) is 14.0 Å². The Bertz CT molecular complexity index is 1320. The molecule has 0 spiro atoms. The predicted octanol–water partition coefficient (Wildman–Crippen LogP) is 1.68. The van der Waals surface area contributed by atoms with Crippen LogP contribution in [0.15, 0.2) is 24.5 Å². The van der Waals surface area contributed by atoms with E-state index in [1.165, 1.54) is 31.2 Å². The molecule has 1 saturated carbocycles. The van der Waals surface area contributed by atoms with Crippen LogP contribution in [0.2, 0.25) is 0 Å². The van der Waals surface area contributed by atoms with Crippen LogP contribution in [-0.4, -0.2) is 89.4 Å². The summed E-state index contributed by atoms with van der Waals surface area (Å²) in [5, 5.41) is 13.3. The van der Waals surface area contributed by atoms with Gasteiger partial charge in [0.2, 0.25) is 5.91 Å². The summed E-state index contributed by atoms with van der Waals surface area (Å²) in [6, 6.07) is 4.96. The summed E-state index contributed by atoms with van der Waals surface area (Å²) in [5.74, 6) is 1.27. The van der Waals surface area contributed by atoms with E-state index in [2.05, 4.69) is 20.3 Å². The lowest BCUT2D eigenvalue weighted by molar-refractivity contribution is -0.134. The maximum Gasteiger partial charge on any atom is 0.255 e. The lowest BCUT2D eigenvalue weighted by Crippen LogP contribution is -2.43. The molecule has 1 aromatic carbocycles. The summed E-state index contributed by atoms with van der Waals surface area (Å²) in [5.41, 5.74) is 3.42. The van der Waals surface area contributed by atoms with Gasteiger partial charge in [-0.25, -0.2) is 9.97 Å². The maximum atomic E-state index is 13.4. The SMILES string of the molecule is COCC(=O)N1C[C@H](O)[C@H](NC(=O)c2c(C)[nH]c3c(-c4ccc(OC)cc4OCC4CC4)ncnc23)C1. The van der Waals surface area contributed by atoms with Crippen molar-refractivity contribution in [2.75, 3.05) is 40.5 Å². The Hall–Kier alpha value is -3.70. The van der Waals surface area contributed by atoms with Gasteiger partial charge in [-0.2, -0.15) is 0 Å². The summed E-state index contributed by atoms with van der Waals surface area (Å²) >= 11 is 0. The van der Waals surface area contributed by atoms with Crippen molar-refractivity contribution in [1.82, 2.24) is 25.2 Å². The second-order valence-electron chi connectivity index (χ2n) is 9.57. The summed E-state index contributed by atoms with van der Waals surface area (Å²) in [7, 11) is 3.05. The van der Waals surface area contributed by atoms with E-state index in [0.29, 0.717) is 52.0 Å². The van der Waals surface area contributed by atoms with Gasteiger partial charge in [-0.3, -0.25) is 9.59 Å². The van der Waals surface area contributed by atoms with Crippen molar-refractivity contribution in [3.63, 3.8) is 0 Å². The number of carbonyl (C=O) groups excluding carboxylic acids is 2. The smallest absolute Gasteiger partial charge is 0.255 e. The van der Waals surface area contributed by atoms with Crippen LogP contribution < -0.4 is 14.8 Å². The van der Waals surface area contributed by atoms with Gasteiger partial charge in [-0.15, -0.1) is 0 Å². The van der Waals surface area contributed by atoms with Crippen LogP contribution in [0.25, 0.3) is 22.3 Å². The summed E-state index contributed by atoms with van der Waals surface area (Å²) in [6.07, 6.45) is 2.87. The van der Waals surface area contributed by atoms with Gasteiger partial charge in [0, 0.05) is 37.5 Å². The van der Waals surface area contributed by atoms with Gasteiger partial charge >= 0.3 is 0 Å². The number of fused-ring (bicyclic) bond motifs is 1. The number of β-amino-alcohol motifs (C(OH)–C–C–N with tert-alkyl or cyclic N) is 1. The molecule has 37 heavy (non-hydrogen) atoms. The highest BCUT2D eigenvalue weighted by Crippen LogP contribution is 2.38. The average Bonchev–Trinajstić information content (AvgIpc) is 3.56. The Labute approximate surface area is 214 Å². The fourth-order valence-electron chi connectivity index (χ4n) is 4.63. The van der Waals surface area contributed by atoms with Crippen molar-refractivity contribution < 1.29 is 28.9 Å². The van der Waals surface area contributed by atoms with E-state index >= 15 is 0 Å². The first kappa shape index (κ1) is 25.0. The van der Waals surface area contributed by atoms with Crippen molar-refractivity contribution >= 4 is 22.8 Å². The lowest BCUT2D eigenvalue weighted by Gasteiger charge is -2.16. The Morgan fingerprint density at radius 3 is 2.76 bits per heavy atom. The molecule has 0 unspecified atom stereocenters. The van der Waals surface area contributed by atoms with Crippen LogP contribution in [0.3, 0.4) is 0 Å². The molecule has 1 saturated heterocycles. The molecule has 11 nitrogen and oxygen atoms in total. The van der Waals surface area contributed by atoms with Crippen LogP contribution in [0.5, 0.6) is 11.5 Å². The quantitative estimate of drug-likeness (QED) is 0.396. The third kappa shape index (κ3) is 5.09. The van der Waals surface area contributed by atoms with Gasteiger partial charge in [-0.1, -0.05) is 0 Å². The summed E-state index contributed by atoms with van der Waals surface area (Å²) in [6.45, 7) is 2.67. The van der Waals surface area contributed by atoms with Crippen molar-refractivity contribution in [2.45, 2.75) is 31.9 Å². The molecule has 1 aliphatic heterocycles. The van der Waals surface area contributed by atoms with Crippen LogP contribution >= 0.6 is 0 Å². The zero-order valence-corrected chi connectivity index (χ0v) is 21.1. The second-order valence-corrected chi connectivity index (χ2v) is 9.57. The number of ether oxygens (including phenoxy) is 3. The van der Waals surface area contributed by atoms with Crippen molar-refractivity contribution in [2.24, 2.45) is 5.92 Å². The standard InChI is InChI=1S/C26H31N5O6/c1-14-22(26(34)30-18-9-31(10-19(18)32)21(33)12-35-2)24-25(29-14)23(27-13-28-24)17-7-6-16(36-3)8-20(17)37-11-15-4-5-15/h6-8,13,15,18-19,29,32H,4-5,9-12H2,1-3H3,(H,30,34)/t18-,19+/m1/s1. The molecular weight excluding hydrogens is 478 g/mol. The van der Waals surface area contributed by atoms with E-state index in [1.807, 2.05) is 18.2 Å². The first-order chi connectivity index (χ1) is 17.9. The number of aryl methyl sites for hydroxylation is 1. The van der Waals surface area contributed by atoms with Gasteiger partial charge in [-0.05, 0) is 37.8 Å². The molecule has 5 rings (SSSR count). The summed E-state index contributed by atoms with van der Waals surface area (Å²) in [4.78, 5) is 39.2. The van der Waals surface area contributed by atoms with E-state index < -0.39 is 18.1 Å². The molecule has 0 bridgehead atoms. The largest absolute Gasteiger partial charge is 0.497 e. The molecule has 2 amide bonds. The minimum Gasteiger partial charge on any atom is -0.497 e. The molecule has 196 valence electrons. The van der Waals surface area contributed by atoms with Gasteiger partial charge in [0.25, 0.3) is 5.91 Å². The molecule has 11 heteroatoms. The fraction of sp³-hybridized carbons (Fsp3) is 0.462. The van der Waals surface area contributed by atoms with Gasteiger partial charge in [0.1, 0.15) is 35.6 Å². The van der Waals surface area contributed by atoms with Gasteiger partial charge in [0.05, 0.1) is 36.9 Å². The maximum absolute atomic E-state index is 13.4. The number of rotatable bonds is 9. The number of nitrogens with one attached hydrogen (secondary N) is 2. The van der Waals surface area contributed by atoms with Crippen LogP contribution in [0, 0.1) is 12.8 Å². The number of benzene rings is 1. The number of methoxy groups -OCH3 is 2. The minimum atomic E-state index is -0.883. The highest BCUT2D eigenvalue weighted by atomic mass is 16.5. The van der Waals surface area contributed by atoms with Gasteiger partial charge in [0.15, 0.2) is 0 Å². The lowest BCUT2D eigenvalue weighted by atomic mass is 10.1. The first-order valence-corrected chi connectivity index (χ1v) is 12.3. The van der Waals surface area contributed by atoms with E-state index in [-0.39, 0.29) is 25.6 Å². The number of hydrogen-bond acceptors (Lipinski definition) is 8. The molecule has 3 N–H and O–H groups in total. The molecule has 3 aromatic rings. The molecule has 2 fully saturated rings. The first-order valence-electron chi connectivity index (χ1n) is 12.3. The number of amides is 2. The number of aromatic amines is 1. The molecule has 2 atom stereocenters. The Morgan fingerprint density at radius 1 is 1.22 bits per heavy atom. The van der Waals surface area contributed by atoms with E-state index in [0.717, 1.165) is 5.56 Å². The van der Waals surface area contributed by atoms with E-state index in [4.69, 9.17) is 14.2 Å². The highest BCUT2D eigenvalue weighted by molar-refractivity contribution is 6.09. The van der Waals surface area contributed by atoms with Crippen molar-refractivity contribution in [3.05, 3.63) is 35.8 Å². The molecular formula is C26H31N5O6. The Kier molecular flexibility index (Phi) is 6.98. The number of likely N-dealkylation sites (tertiary alicyclic amines) is 1. The number of aliphatic hydroxyl groups is 1. The second kappa shape index (κ2) is 10.3. The fourth-order valence-corrected chi connectivity index (χ4v) is 4.63. The molecule has 2 aromatic heterocycles. The number of hydrogen-bond donors (Lipinski definition) is 3. The number of carbonyl (C=O) groups is 2. The monoisotopic (exact) mass is 509 g/mol. The third-order valence-corrected chi connectivity index (χ3v) is 6.84. The number of H-pyrrole nitrogens is 1. The highest BCUT2D eigenvalue weighted by Gasteiger charge is 2.36. The van der Waals surface area contributed by atoms with Crippen LogP contribution in [0.1, 0.15) is 28.9 Å². The zero-order chi connectivity index (χ0) is 26.1. The topological polar surface area (TPSA) is 139 Å². The van der Waals surface area contributed by atoms with Crippen LogP contribution in [0.4, 0.5) is 0 Å².